The molecule has 4 aromatic rings. The van der Waals surface area contributed by atoms with Crippen LogP contribution >= 0.6 is 23.1 Å². The summed E-state index contributed by atoms with van der Waals surface area (Å²) in [5.41, 5.74) is 4.28. The minimum absolute atomic E-state index is 0.0557. The van der Waals surface area contributed by atoms with Crippen LogP contribution in [-0.2, 0) is 29.0 Å². The summed E-state index contributed by atoms with van der Waals surface area (Å²) in [6, 6.07) is 13.3. The van der Waals surface area contributed by atoms with E-state index in [2.05, 4.69) is 11.1 Å². The van der Waals surface area contributed by atoms with Crippen molar-refractivity contribution in [3.8, 4) is 0 Å². The van der Waals surface area contributed by atoms with Crippen molar-refractivity contribution in [1.29, 1.82) is 0 Å². The summed E-state index contributed by atoms with van der Waals surface area (Å²) in [5, 5.41) is 0.844. The summed E-state index contributed by atoms with van der Waals surface area (Å²) in [5.74, 6) is -0.161. The molecule has 0 bridgehead atoms. The first-order chi connectivity index (χ1) is 14.2. The number of nitrogens with zero attached hydrogens (tertiary/aromatic N) is 1. The Morgan fingerprint density at radius 2 is 2.00 bits per heavy atom. The van der Waals surface area contributed by atoms with E-state index in [1.54, 1.807) is 11.3 Å². The molecule has 0 amide bonds. The number of hydrogen-bond acceptors (Lipinski definition) is 7. The number of thiazole rings is 1. The fourth-order valence-electron chi connectivity index (χ4n) is 3.65. The summed E-state index contributed by atoms with van der Waals surface area (Å²) < 4.78 is 12.7. The van der Waals surface area contributed by atoms with Gasteiger partial charge in [-0.1, -0.05) is 23.9 Å². The van der Waals surface area contributed by atoms with Crippen molar-refractivity contribution in [3.05, 3.63) is 69.6 Å². The van der Waals surface area contributed by atoms with Crippen LogP contribution in [0.5, 0.6) is 0 Å². The molecule has 0 atom stereocenters. The van der Waals surface area contributed by atoms with Gasteiger partial charge in [0.2, 0.25) is 0 Å². The summed E-state index contributed by atoms with van der Waals surface area (Å²) in [7, 11) is 0. The average molecular weight is 424 g/mol. The smallest absolute Gasteiger partial charge is 0.336 e. The minimum Gasteiger partial charge on any atom is -0.460 e. The van der Waals surface area contributed by atoms with Gasteiger partial charge < -0.3 is 9.15 Å². The van der Waals surface area contributed by atoms with Crippen molar-refractivity contribution in [2.75, 3.05) is 5.75 Å². The number of hydrogen-bond donors (Lipinski definition) is 0. The van der Waals surface area contributed by atoms with Crippen molar-refractivity contribution in [3.63, 3.8) is 0 Å². The van der Waals surface area contributed by atoms with E-state index in [0.29, 0.717) is 11.1 Å². The number of aryl methyl sites for hydroxylation is 2. The lowest BCUT2D eigenvalue weighted by Crippen LogP contribution is -2.09. The number of carbonyl (C=O) groups is 1. The first kappa shape index (κ1) is 18.4. The normalized spacial score (nSPS) is 13.1. The molecule has 29 heavy (non-hydrogen) atoms. The molecule has 2 aromatic carbocycles. The van der Waals surface area contributed by atoms with Crippen LogP contribution in [0.1, 0.15) is 23.1 Å². The highest BCUT2D eigenvalue weighted by Crippen LogP contribution is 2.30. The minimum atomic E-state index is -0.426. The number of aromatic nitrogens is 1. The molecule has 2 heterocycles. The molecule has 0 saturated heterocycles. The third-order valence-corrected chi connectivity index (χ3v) is 7.17. The second kappa shape index (κ2) is 7.65. The van der Waals surface area contributed by atoms with Crippen LogP contribution in [0.25, 0.3) is 21.2 Å². The van der Waals surface area contributed by atoms with E-state index in [-0.39, 0.29) is 18.3 Å². The average Bonchev–Trinajstić information content (AvgIpc) is 3.34. The molecule has 1 aliphatic carbocycles. The Labute approximate surface area is 174 Å². The highest BCUT2D eigenvalue weighted by molar-refractivity contribution is 8.01. The van der Waals surface area contributed by atoms with E-state index >= 15 is 0 Å². The summed E-state index contributed by atoms with van der Waals surface area (Å²) in [6.45, 7) is 0.0557. The molecule has 1 aliphatic rings. The lowest BCUT2D eigenvalue weighted by Gasteiger charge is -2.09. The number of thioether (sulfide) groups is 1. The monoisotopic (exact) mass is 423 g/mol. The van der Waals surface area contributed by atoms with Crippen molar-refractivity contribution >= 4 is 50.3 Å². The molecule has 5 nitrogen and oxygen atoms in total. The predicted octanol–water partition coefficient (Wildman–Crippen LogP) is 4.73. The zero-order valence-corrected chi connectivity index (χ0v) is 17.1. The standard InChI is InChI=1S/C22H17NO4S2/c24-20-10-15(16-8-13-4-3-5-14(13)9-18(16)27-20)11-26-21(25)12-28-22-23-17-6-1-2-7-19(17)29-22/h1-2,6-10H,3-5,11-12H2. The second-order valence-corrected chi connectivity index (χ2v) is 9.21. The maximum atomic E-state index is 12.2. The number of carbonyl (C=O) groups excluding carboxylic acids is 1. The molecule has 5 rings (SSSR count). The topological polar surface area (TPSA) is 69.4 Å². The zero-order chi connectivity index (χ0) is 19.8. The quantitative estimate of drug-likeness (QED) is 0.263. The van der Waals surface area contributed by atoms with Crippen LogP contribution < -0.4 is 5.63 Å². The third kappa shape index (κ3) is 3.80. The molecule has 0 aliphatic heterocycles. The van der Waals surface area contributed by atoms with Crippen LogP contribution in [0.15, 0.2) is 56.0 Å². The summed E-state index contributed by atoms with van der Waals surface area (Å²) in [4.78, 5) is 28.7. The number of para-hydroxylation sites is 1. The Morgan fingerprint density at radius 3 is 2.86 bits per heavy atom. The second-order valence-electron chi connectivity index (χ2n) is 6.96. The first-order valence-corrected chi connectivity index (χ1v) is 11.2. The molecule has 7 heteroatoms. The van der Waals surface area contributed by atoms with Gasteiger partial charge in [-0.25, -0.2) is 9.78 Å². The molecule has 2 aromatic heterocycles. The van der Waals surface area contributed by atoms with Gasteiger partial charge in [0.05, 0.1) is 16.0 Å². The fourth-order valence-corrected chi connectivity index (χ4v) is 5.51. The molecule has 146 valence electrons. The van der Waals surface area contributed by atoms with Gasteiger partial charge in [-0.15, -0.1) is 11.3 Å². The van der Waals surface area contributed by atoms with E-state index in [9.17, 15) is 9.59 Å². The molecule has 0 N–H and O–H groups in total. The van der Waals surface area contributed by atoms with Crippen LogP contribution in [0.4, 0.5) is 0 Å². The Morgan fingerprint density at radius 1 is 1.17 bits per heavy atom. The Balaban J connectivity index is 1.28. The van der Waals surface area contributed by atoms with Gasteiger partial charge in [-0.05, 0) is 54.7 Å². The maximum Gasteiger partial charge on any atom is 0.336 e. The Bertz CT molecular complexity index is 1260. The highest BCUT2D eigenvalue weighted by atomic mass is 32.2. The van der Waals surface area contributed by atoms with Gasteiger partial charge in [0.15, 0.2) is 4.34 Å². The Kier molecular flexibility index (Phi) is 4.85. The van der Waals surface area contributed by atoms with E-state index in [0.717, 1.165) is 39.2 Å². The summed E-state index contributed by atoms with van der Waals surface area (Å²) >= 11 is 2.92. The van der Waals surface area contributed by atoms with E-state index < -0.39 is 5.63 Å². The van der Waals surface area contributed by atoms with Gasteiger partial charge in [-0.3, -0.25) is 4.79 Å². The van der Waals surface area contributed by atoms with Gasteiger partial charge >= 0.3 is 11.6 Å². The van der Waals surface area contributed by atoms with Gasteiger partial charge in [0.25, 0.3) is 0 Å². The first-order valence-electron chi connectivity index (χ1n) is 9.38. The van der Waals surface area contributed by atoms with Crippen molar-refractivity contribution in [2.45, 2.75) is 30.2 Å². The molecule has 0 spiro atoms. The molecule has 0 unspecified atom stereocenters. The zero-order valence-electron chi connectivity index (χ0n) is 15.5. The molecular formula is C22H17NO4S2. The Hall–Kier alpha value is -2.64. The molecule has 0 fully saturated rings. The molecule has 0 radical (unpaired) electrons. The molecular weight excluding hydrogens is 406 g/mol. The lowest BCUT2D eigenvalue weighted by atomic mass is 10.0. The fraction of sp³-hybridized carbons (Fsp3) is 0.227. The SMILES string of the molecule is O=C(CSc1nc2ccccc2s1)OCc1cc(=O)oc2cc3c(cc12)CCC3. The van der Waals surface area contributed by atoms with Crippen LogP contribution in [0.3, 0.4) is 0 Å². The van der Waals surface area contributed by atoms with Crippen LogP contribution in [0, 0.1) is 0 Å². The van der Waals surface area contributed by atoms with E-state index in [1.165, 1.54) is 29.0 Å². The van der Waals surface area contributed by atoms with E-state index in [1.807, 2.05) is 30.3 Å². The highest BCUT2D eigenvalue weighted by Gasteiger charge is 2.16. The number of rotatable bonds is 5. The number of esters is 1. The van der Waals surface area contributed by atoms with Gasteiger partial charge in [0, 0.05) is 17.0 Å². The number of fused-ring (bicyclic) bond motifs is 3. The van der Waals surface area contributed by atoms with Crippen LogP contribution in [0.2, 0.25) is 0 Å². The van der Waals surface area contributed by atoms with Gasteiger partial charge in [-0.2, -0.15) is 0 Å². The van der Waals surface area contributed by atoms with Crippen LogP contribution in [-0.4, -0.2) is 16.7 Å². The summed E-state index contributed by atoms with van der Waals surface area (Å²) in [6.07, 6.45) is 3.16. The van der Waals surface area contributed by atoms with E-state index in [4.69, 9.17) is 9.15 Å². The number of benzene rings is 2. The van der Waals surface area contributed by atoms with Gasteiger partial charge in [0.1, 0.15) is 12.2 Å². The maximum absolute atomic E-state index is 12.2. The van der Waals surface area contributed by atoms with Crippen molar-refractivity contribution < 1.29 is 13.9 Å². The largest absolute Gasteiger partial charge is 0.460 e. The number of ether oxygens (including phenoxy) is 1. The predicted molar refractivity (Wildman–Crippen MR) is 115 cm³/mol. The molecule has 0 saturated carbocycles. The van der Waals surface area contributed by atoms with Crippen molar-refractivity contribution in [1.82, 2.24) is 4.98 Å². The lowest BCUT2D eigenvalue weighted by molar-refractivity contribution is -0.141. The third-order valence-electron chi connectivity index (χ3n) is 5.02. The van der Waals surface area contributed by atoms with Crippen molar-refractivity contribution in [2.24, 2.45) is 0 Å².